The first-order valence-electron chi connectivity index (χ1n) is 7.44. The van der Waals surface area contributed by atoms with E-state index in [1.165, 1.54) is 11.6 Å². The van der Waals surface area contributed by atoms with E-state index in [2.05, 4.69) is 23.0 Å². The number of aryl methyl sites for hydroxylation is 1. The topological polar surface area (TPSA) is 17.8 Å². The Hall–Kier alpha value is -1.81. The van der Waals surface area contributed by atoms with E-state index in [4.69, 9.17) is 4.98 Å². The summed E-state index contributed by atoms with van der Waals surface area (Å²) in [5.41, 5.74) is 5.29. The molecule has 2 nitrogen and oxygen atoms in total. The van der Waals surface area contributed by atoms with Gasteiger partial charge in [0, 0.05) is 22.9 Å². The minimum atomic E-state index is -0.156. The number of thioether (sulfide) groups is 1. The maximum absolute atomic E-state index is 14.2. The molecule has 0 bridgehead atoms. The summed E-state index contributed by atoms with van der Waals surface area (Å²) in [4.78, 5) is 4.72. The Morgan fingerprint density at radius 3 is 3.00 bits per heavy atom. The second kappa shape index (κ2) is 5.13. The van der Waals surface area contributed by atoms with Gasteiger partial charge < -0.3 is 4.57 Å². The molecular formula is C18H17FN2S. The summed E-state index contributed by atoms with van der Waals surface area (Å²) < 4.78 is 16.5. The maximum Gasteiger partial charge on any atom is 0.132 e. The van der Waals surface area contributed by atoms with Crippen LogP contribution in [-0.2, 0) is 6.42 Å². The normalized spacial score (nSPS) is 16.6. The molecule has 3 heterocycles. The quantitative estimate of drug-likeness (QED) is 0.687. The van der Waals surface area contributed by atoms with Crippen LogP contribution in [0.3, 0.4) is 0 Å². The predicted molar refractivity (Wildman–Crippen MR) is 91.0 cm³/mol. The Bertz CT molecular complexity index is 869. The van der Waals surface area contributed by atoms with E-state index >= 15 is 0 Å². The van der Waals surface area contributed by atoms with Gasteiger partial charge in [-0.15, -0.1) is 0 Å². The first-order chi connectivity index (χ1) is 10.7. The lowest BCUT2D eigenvalue weighted by Gasteiger charge is -2.28. The molecule has 1 atom stereocenters. The highest BCUT2D eigenvalue weighted by atomic mass is 32.2. The Morgan fingerprint density at radius 1 is 1.32 bits per heavy atom. The molecule has 3 aromatic rings. The van der Waals surface area contributed by atoms with E-state index in [0.29, 0.717) is 11.4 Å². The number of fused-ring (bicyclic) bond motifs is 5. The highest BCUT2D eigenvalue weighted by molar-refractivity contribution is 7.98. The first-order valence-corrected chi connectivity index (χ1v) is 8.83. The van der Waals surface area contributed by atoms with Crippen LogP contribution in [0, 0.1) is 12.7 Å². The minimum Gasteiger partial charge on any atom is -0.335 e. The minimum absolute atomic E-state index is 0.156. The van der Waals surface area contributed by atoms with E-state index in [0.717, 1.165) is 34.8 Å². The summed E-state index contributed by atoms with van der Waals surface area (Å²) in [7, 11) is 0. The van der Waals surface area contributed by atoms with Crippen LogP contribution in [-0.4, -0.2) is 21.6 Å². The van der Waals surface area contributed by atoms with E-state index in [1.54, 1.807) is 6.07 Å². The number of aromatic nitrogens is 2. The summed E-state index contributed by atoms with van der Waals surface area (Å²) in [5.74, 6) is 0.858. The van der Waals surface area contributed by atoms with Gasteiger partial charge in [0.05, 0.1) is 16.9 Å². The van der Waals surface area contributed by atoms with Gasteiger partial charge in [-0.05, 0) is 49.4 Å². The van der Waals surface area contributed by atoms with Crippen LogP contribution in [0.25, 0.3) is 22.3 Å². The number of halogens is 1. The van der Waals surface area contributed by atoms with E-state index in [-0.39, 0.29) is 5.82 Å². The fourth-order valence-electron chi connectivity index (χ4n) is 3.43. The Morgan fingerprint density at radius 2 is 2.18 bits per heavy atom. The molecule has 112 valence electrons. The molecule has 0 radical (unpaired) electrons. The third kappa shape index (κ3) is 1.97. The summed E-state index contributed by atoms with van der Waals surface area (Å²) in [6.07, 6.45) is 3.08. The van der Waals surface area contributed by atoms with Crippen molar-refractivity contribution < 1.29 is 4.39 Å². The summed E-state index contributed by atoms with van der Waals surface area (Å²) in [5, 5.41) is 0.694. The second-order valence-electron chi connectivity index (χ2n) is 5.85. The van der Waals surface area contributed by atoms with Crippen LogP contribution in [0.15, 0.2) is 36.4 Å². The van der Waals surface area contributed by atoms with E-state index in [1.807, 2.05) is 30.8 Å². The van der Waals surface area contributed by atoms with Crippen LogP contribution in [0.1, 0.15) is 17.3 Å². The molecule has 0 aliphatic carbocycles. The smallest absolute Gasteiger partial charge is 0.132 e. The zero-order valence-corrected chi connectivity index (χ0v) is 13.5. The molecule has 0 fully saturated rings. The summed E-state index contributed by atoms with van der Waals surface area (Å²) in [6.45, 7) is 2.00. The number of benzene rings is 1. The summed E-state index contributed by atoms with van der Waals surface area (Å²) in [6, 6.07) is 11.9. The summed E-state index contributed by atoms with van der Waals surface area (Å²) >= 11 is 1.83. The standard InChI is InChI=1S/C18H17FN2S/c1-11-6-7-12-8-13(10-22-2)21-16-5-3-4-15(19)14(16)9-17(21)18(12)20-11/h3-7,9,13H,8,10H2,1-2H3. The van der Waals surface area contributed by atoms with Crippen LogP contribution in [0.4, 0.5) is 4.39 Å². The van der Waals surface area contributed by atoms with Crippen molar-refractivity contribution in [1.29, 1.82) is 0 Å². The number of hydrogen-bond acceptors (Lipinski definition) is 2. The largest absolute Gasteiger partial charge is 0.335 e. The van der Waals surface area contributed by atoms with Gasteiger partial charge in [0.15, 0.2) is 0 Å². The molecule has 0 spiro atoms. The van der Waals surface area contributed by atoms with Gasteiger partial charge in [-0.2, -0.15) is 11.8 Å². The predicted octanol–water partition coefficient (Wildman–Crippen LogP) is 4.61. The van der Waals surface area contributed by atoms with Gasteiger partial charge in [0.2, 0.25) is 0 Å². The molecule has 0 saturated heterocycles. The lowest BCUT2D eigenvalue weighted by molar-refractivity contribution is 0.560. The molecule has 1 aliphatic rings. The fraction of sp³-hybridized carbons (Fsp3) is 0.278. The SMILES string of the molecule is CSCC1Cc2ccc(C)nc2-c2cc3c(F)cccc3n21. The van der Waals surface area contributed by atoms with E-state index in [9.17, 15) is 4.39 Å². The average molecular weight is 312 g/mol. The van der Waals surface area contributed by atoms with Crippen LogP contribution >= 0.6 is 11.8 Å². The molecule has 0 saturated carbocycles. The van der Waals surface area contributed by atoms with Gasteiger partial charge in [-0.25, -0.2) is 4.39 Å². The fourth-order valence-corrected chi connectivity index (χ4v) is 4.09. The molecule has 4 rings (SSSR count). The number of rotatable bonds is 2. The van der Waals surface area contributed by atoms with Crippen molar-refractivity contribution >= 4 is 22.7 Å². The molecule has 4 heteroatoms. The van der Waals surface area contributed by atoms with Gasteiger partial charge >= 0.3 is 0 Å². The molecule has 1 aromatic carbocycles. The van der Waals surface area contributed by atoms with Gasteiger partial charge in [-0.3, -0.25) is 4.98 Å². The monoisotopic (exact) mass is 312 g/mol. The van der Waals surface area contributed by atoms with Crippen LogP contribution in [0.2, 0.25) is 0 Å². The van der Waals surface area contributed by atoms with E-state index < -0.39 is 0 Å². The molecule has 0 N–H and O–H groups in total. The average Bonchev–Trinajstić information content (AvgIpc) is 2.90. The van der Waals surface area contributed by atoms with Crippen molar-refractivity contribution in [3.05, 3.63) is 53.5 Å². The number of pyridine rings is 1. The van der Waals surface area contributed by atoms with Gasteiger partial charge in [0.25, 0.3) is 0 Å². The molecular weight excluding hydrogens is 295 g/mol. The Balaban J connectivity index is 2.05. The first kappa shape index (κ1) is 13.8. The van der Waals surface area contributed by atoms with Crippen LogP contribution < -0.4 is 0 Å². The third-order valence-corrected chi connectivity index (χ3v) is 5.09. The van der Waals surface area contributed by atoms with Crippen molar-refractivity contribution in [2.45, 2.75) is 19.4 Å². The van der Waals surface area contributed by atoms with Gasteiger partial charge in [-0.1, -0.05) is 12.1 Å². The van der Waals surface area contributed by atoms with Crippen LogP contribution in [0.5, 0.6) is 0 Å². The number of nitrogens with zero attached hydrogens (tertiary/aromatic N) is 2. The molecule has 2 aromatic heterocycles. The lowest BCUT2D eigenvalue weighted by Crippen LogP contribution is -2.21. The molecule has 1 unspecified atom stereocenters. The molecule has 22 heavy (non-hydrogen) atoms. The highest BCUT2D eigenvalue weighted by Crippen LogP contribution is 2.40. The Labute approximate surface area is 133 Å². The molecule has 0 amide bonds. The van der Waals surface area contributed by atoms with Crippen molar-refractivity contribution in [3.63, 3.8) is 0 Å². The zero-order chi connectivity index (χ0) is 15.3. The second-order valence-corrected chi connectivity index (χ2v) is 6.76. The Kier molecular flexibility index (Phi) is 3.22. The van der Waals surface area contributed by atoms with Gasteiger partial charge in [0.1, 0.15) is 5.82 Å². The van der Waals surface area contributed by atoms with Crippen molar-refractivity contribution in [3.8, 4) is 11.4 Å². The van der Waals surface area contributed by atoms with Crippen molar-refractivity contribution in [2.75, 3.05) is 12.0 Å². The zero-order valence-electron chi connectivity index (χ0n) is 12.6. The number of hydrogen-bond donors (Lipinski definition) is 0. The maximum atomic E-state index is 14.2. The lowest BCUT2D eigenvalue weighted by atomic mass is 9.98. The highest BCUT2D eigenvalue weighted by Gasteiger charge is 2.27. The molecule has 1 aliphatic heterocycles. The third-order valence-electron chi connectivity index (χ3n) is 4.37. The van der Waals surface area contributed by atoms with Crippen molar-refractivity contribution in [2.24, 2.45) is 0 Å². The van der Waals surface area contributed by atoms with Crippen molar-refractivity contribution in [1.82, 2.24) is 9.55 Å².